The van der Waals surface area contributed by atoms with E-state index in [1.165, 1.54) is 11.3 Å². The van der Waals surface area contributed by atoms with E-state index in [1.54, 1.807) is 13.1 Å². The van der Waals surface area contributed by atoms with Crippen LogP contribution in [0.25, 0.3) is 0 Å². The molecule has 0 saturated carbocycles. The Bertz CT molecular complexity index is 246. The van der Waals surface area contributed by atoms with Gasteiger partial charge in [-0.15, -0.1) is 11.3 Å². The van der Waals surface area contributed by atoms with Crippen LogP contribution in [0.1, 0.15) is 10.4 Å². The number of carbonyl (C=O) groups is 1. The van der Waals surface area contributed by atoms with Crippen LogP contribution in [0.2, 0.25) is 0 Å². The van der Waals surface area contributed by atoms with Gasteiger partial charge in [0.25, 0.3) is 5.91 Å². The number of rotatable bonds is 1. The molecule has 0 bridgehead atoms. The van der Waals surface area contributed by atoms with Crippen molar-refractivity contribution in [3.05, 3.63) is 20.8 Å². The van der Waals surface area contributed by atoms with Crippen molar-refractivity contribution in [1.29, 1.82) is 0 Å². The molecule has 0 aliphatic heterocycles. The summed E-state index contributed by atoms with van der Waals surface area (Å²) in [5.41, 5.74) is 0.701. The first-order valence-electron chi connectivity index (χ1n) is 2.70. The van der Waals surface area contributed by atoms with Crippen molar-refractivity contribution in [2.24, 2.45) is 0 Å². The van der Waals surface area contributed by atoms with Gasteiger partial charge in [-0.05, 0) is 27.4 Å². The van der Waals surface area contributed by atoms with Crippen molar-refractivity contribution in [3.8, 4) is 0 Å². The molecule has 0 aromatic carbocycles. The summed E-state index contributed by atoms with van der Waals surface area (Å²) in [6.45, 7) is 0. The van der Waals surface area contributed by atoms with Crippen molar-refractivity contribution >= 4 is 33.2 Å². The minimum absolute atomic E-state index is 0.0480. The minimum atomic E-state index is -0.0480. The fourth-order valence-electron chi connectivity index (χ4n) is 0.590. The van der Waals surface area contributed by atoms with Crippen molar-refractivity contribution in [1.82, 2.24) is 5.32 Å². The molecule has 0 radical (unpaired) electrons. The third-order valence-corrected chi connectivity index (χ3v) is 2.78. The fourth-order valence-corrected chi connectivity index (χ4v) is 1.84. The summed E-state index contributed by atoms with van der Waals surface area (Å²) in [5, 5.41) is 4.42. The molecule has 0 atom stereocenters. The molecule has 0 spiro atoms. The topological polar surface area (TPSA) is 29.1 Å². The number of hydrogen-bond donors (Lipinski definition) is 1. The lowest BCUT2D eigenvalue weighted by molar-refractivity contribution is 0.0963. The molecule has 0 fully saturated rings. The lowest BCUT2D eigenvalue weighted by Crippen LogP contribution is -2.17. The first-order valence-corrected chi connectivity index (χ1v) is 4.38. The molecule has 2 nitrogen and oxygen atoms in total. The van der Waals surface area contributed by atoms with Crippen LogP contribution in [-0.2, 0) is 0 Å². The van der Waals surface area contributed by atoms with Gasteiger partial charge >= 0.3 is 0 Å². The molecule has 0 unspecified atom stereocenters. The van der Waals surface area contributed by atoms with Gasteiger partial charge in [0.2, 0.25) is 0 Å². The molecule has 1 aromatic rings. The van der Waals surface area contributed by atoms with Gasteiger partial charge < -0.3 is 5.32 Å². The van der Waals surface area contributed by atoms with Crippen LogP contribution in [0.5, 0.6) is 0 Å². The van der Waals surface area contributed by atoms with Gasteiger partial charge in [-0.25, -0.2) is 0 Å². The number of hydrogen-bond acceptors (Lipinski definition) is 2. The van der Waals surface area contributed by atoms with Crippen molar-refractivity contribution in [2.45, 2.75) is 0 Å². The Labute approximate surface area is 71.4 Å². The van der Waals surface area contributed by atoms with E-state index in [2.05, 4.69) is 21.2 Å². The van der Waals surface area contributed by atoms with E-state index in [0.717, 1.165) is 3.79 Å². The normalized spacial score (nSPS) is 9.40. The van der Waals surface area contributed by atoms with E-state index in [1.807, 2.05) is 5.38 Å². The number of amides is 1. The van der Waals surface area contributed by atoms with E-state index in [4.69, 9.17) is 0 Å². The number of nitrogens with one attached hydrogen (secondary N) is 1. The van der Waals surface area contributed by atoms with Crippen LogP contribution in [0, 0.1) is 0 Å². The maximum atomic E-state index is 11.0. The quantitative estimate of drug-likeness (QED) is 0.769. The monoisotopic (exact) mass is 219 g/mol. The summed E-state index contributed by atoms with van der Waals surface area (Å²) < 4.78 is 0.881. The molecule has 0 aliphatic rings. The first-order chi connectivity index (χ1) is 4.75. The molecule has 1 heterocycles. The second-order valence-corrected chi connectivity index (χ2v) is 3.92. The summed E-state index contributed by atoms with van der Waals surface area (Å²) in [6.07, 6.45) is 0. The van der Waals surface area contributed by atoms with Crippen molar-refractivity contribution < 1.29 is 4.79 Å². The molecule has 10 heavy (non-hydrogen) atoms. The highest BCUT2D eigenvalue weighted by Crippen LogP contribution is 2.22. The number of halogens is 1. The van der Waals surface area contributed by atoms with Crippen LogP contribution >= 0.6 is 27.3 Å². The summed E-state index contributed by atoms with van der Waals surface area (Å²) in [6, 6.07) is 1.79. The molecule has 1 rings (SSSR count). The Hall–Kier alpha value is -0.350. The largest absolute Gasteiger partial charge is 0.355 e. The molecule has 54 valence electrons. The van der Waals surface area contributed by atoms with Crippen LogP contribution in [-0.4, -0.2) is 13.0 Å². The van der Waals surface area contributed by atoms with Gasteiger partial charge in [-0.2, -0.15) is 0 Å². The lowest BCUT2D eigenvalue weighted by Gasteiger charge is -1.94. The highest BCUT2D eigenvalue weighted by molar-refractivity contribution is 9.11. The van der Waals surface area contributed by atoms with Crippen molar-refractivity contribution in [3.63, 3.8) is 0 Å². The molecule has 1 amide bonds. The maximum absolute atomic E-state index is 11.0. The van der Waals surface area contributed by atoms with Gasteiger partial charge in [0.1, 0.15) is 0 Å². The Balaban J connectivity index is 2.93. The zero-order chi connectivity index (χ0) is 7.56. The predicted octanol–water partition coefficient (Wildman–Crippen LogP) is 1.87. The molecule has 0 saturated heterocycles. The van der Waals surface area contributed by atoms with Gasteiger partial charge in [0.05, 0.1) is 9.35 Å². The summed E-state index contributed by atoms with van der Waals surface area (Å²) in [5.74, 6) is -0.0480. The molecule has 1 aromatic heterocycles. The lowest BCUT2D eigenvalue weighted by atomic mass is 10.3. The van der Waals surface area contributed by atoms with E-state index in [9.17, 15) is 4.79 Å². The average Bonchev–Trinajstić information content (AvgIpc) is 2.34. The first kappa shape index (κ1) is 7.75. The zero-order valence-corrected chi connectivity index (χ0v) is 7.75. The van der Waals surface area contributed by atoms with Crippen LogP contribution in [0.3, 0.4) is 0 Å². The van der Waals surface area contributed by atoms with Crippen molar-refractivity contribution in [2.75, 3.05) is 7.05 Å². The highest BCUT2D eigenvalue weighted by atomic mass is 79.9. The molecule has 4 heteroatoms. The summed E-state index contributed by atoms with van der Waals surface area (Å²) in [7, 11) is 1.62. The third kappa shape index (κ3) is 1.38. The molecule has 1 N–H and O–H groups in total. The third-order valence-electron chi connectivity index (χ3n) is 1.09. The minimum Gasteiger partial charge on any atom is -0.355 e. The molecular formula is C6H6BrNOS. The SMILES string of the molecule is CNC(=O)c1ccsc1Br. The van der Waals surface area contributed by atoms with Crippen LogP contribution in [0.15, 0.2) is 15.2 Å². The Morgan fingerprint density at radius 3 is 2.90 bits per heavy atom. The maximum Gasteiger partial charge on any atom is 0.253 e. The predicted molar refractivity (Wildman–Crippen MR) is 45.4 cm³/mol. The smallest absolute Gasteiger partial charge is 0.253 e. The Morgan fingerprint density at radius 2 is 2.50 bits per heavy atom. The highest BCUT2D eigenvalue weighted by Gasteiger charge is 2.07. The Kier molecular flexibility index (Phi) is 2.45. The van der Waals surface area contributed by atoms with E-state index in [0.29, 0.717) is 5.56 Å². The van der Waals surface area contributed by atoms with Crippen LogP contribution in [0.4, 0.5) is 0 Å². The standard InChI is InChI=1S/C6H6BrNOS/c1-8-6(9)4-2-3-10-5(4)7/h2-3H,1H3,(H,8,9). The average molecular weight is 220 g/mol. The van der Waals surface area contributed by atoms with Gasteiger partial charge in [-0.3, -0.25) is 4.79 Å². The van der Waals surface area contributed by atoms with E-state index in [-0.39, 0.29) is 5.91 Å². The summed E-state index contributed by atoms with van der Waals surface area (Å²) >= 11 is 4.77. The van der Waals surface area contributed by atoms with E-state index >= 15 is 0 Å². The van der Waals surface area contributed by atoms with Gasteiger partial charge in [-0.1, -0.05) is 0 Å². The molecular weight excluding hydrogens is 214 g/mol. The fraction of sp³-hybridized carbons (Fsp3) is 0.167. The second kappa shape index (κ2) is 3.16. The molecule has 0 aliphatic carbocycles. The Morgan fingerprint density at radius 1 is 1.80 bits per heavy atom. The van der Waals surface area contributed by atoms with Gasteiger partial charge in [0.15, 0.2) is 0 Å². The zero-order valence-electron chi connectivity index (χ0n) is 5.35. The summed E-state index contributed by atoms with van der Waals surface area (Å²) in [4.78, 5) is 11.0. The number of carbonyl (C=O) groups excluding carboxylic acids is 1. The van der Waals surface area contributed by atoms with Gasteiger partial charge in [0, 0.05) is 7.05 Å². The van der Waals surface area contributed by atoms with E-state index < -0.39 is 0 Å². The van der Waals surface area contributed by atoms with Crippen LogP contribution < -0.4 is 5.32 Å². The second-order valence-electron chi connectivity index (χ2n) is 1.69. The number of thiophene rings is 1.